The Morgan fingerprint density at radius 2 is 1.81 bits per heavy atom. The van der Waals surface area contributed by atoms with E-state index in [2.05, 4.69) is 73.9 Å². The number of carbonyl (C=O) groups is 1. The molecule has 0 aliphatic carbocycles. The summed E-state index contributed by atoms with van der Waals surface area (Å²) < 4.78 is 3.81. The van der Waals surface area contributed by atoms with E-state index in [1.54, 1.807) is 10.7 Å². The summed E-state index contributed by atoms with van der Waals surface area (Å²) in [7, 11) is 0. The fourth-order valence-corrected chi connectivity index (χ4v) is 6.36. The lowest BCUT2D eigenvalue weighted by Crippen LogP contribution is -2.50. The largest absolute Gasteiger partial charge is 0.371 e. The van der Waals surface area contributed by atoms with Crippen molar-refractivity contribution in [1.82, 2.24) is 35.0 Å². The summed E-state index contributed by atoms with van der Waals surface area (Å²) in [5.74, 6) is 0.181. The van der Waals surface area contributed by atoms with Gasteiger partial charge in [0.25, 0.3) is 0 Å². The van der Waals surface area contributed by atoms with Crippen LogP contribution in [0.25, 0.3) is 28.0 Å². The first-order valence-corrected chi connectivity index (χ1v) is 15.1. The number of amides is 1. The van der Waals surface area contributed by atoms with E-state index >= 15 is 0 Å². The fraction of sp³-hybridized carbons (Fsp3) is 0.469. The molecule has 6 rings (SSSR count). The van der Waals surface area contributed by atoms with Crippen molar-refractivity contribution >= 4 is 29.5 Å². The third kappa shape index (κ3) is 5.97. The van der Waals surface area contributed by atoms with Gasteiger partial charge >= 0.3 is 0 Å². The van der Waals surface area contributed by atoms with Gasteiger partial charge in [0, 0.05) is 42.1 Å². The van der Waals surface area contributed by atoms with E-state index < -0.39 is 0 Å². The first kappa shape index (κ1) is 30.5. The van der Waals surface area contributed by atoms with Crippen molar-refractivity contribution in [2.24, 2.45) is 5.41 Å². The van der Waals surface area contributed by atoms with E-state index in [9.17, 15) is 10.1 Å². The molecule has 0 bridgehead atoms. The minimum absolute atomic E-state index is 0. The molecule has 10 nitrogen and oxygen atoms in total. The van der Waals surface area contributed by atoms with Gasteiger partial charge in [-0.1, -0.05) is 19.1 Å². The molecule has 5 heterocycles. The number of halogens is 1. The quantitative estimate of drug-likeness (QED) is 0.306. The van der Waals surface area contributed by atoms with Crippen molar-refractivity contribution in [3.63, 3.8) is 0 Å². The van der Waals surface area contributed by atoms with Crippen LogP contribution in [-0.2, 0) is 4.79 Å². The van der Waals surface area contributed by atoms with Crippen LogP contribution in [0.5, 0.6) is 0 Å². The van der Waals surface area contributed by atoms with Crippen LogP contribution in [-0.4, -0.2) is 62.5 Å². The molecule has 2 fully saturated rings. The van der Waals surface area contributed by atoms with Crippen LogP contribution in [0.1, 0.15) is 64.5 Å². The van der Waals surface area contributed by atoms with Crippen LogP contribution in [0.3, 0.4) is 0 Å². The molecular formula is C32H40ClN9O. The lowest BCUT2D eigenvalue weighted by Gasteiger charge is -2.41. The Hall–Kier alpha value is -3.94. The molecule has 1 amide bonds. The van der Waals surface area contributed by atoms with Crippen molar-refractivity contribution in [2.45, 2.75) is 65.0 Å². The maximum atomic E-state index is 13.0. The van der Waals surface area contributed by atoms with Crippen LogP contribution in [0, 0.1) is 16.7 Å². The summed E-state index contributed by atoms with van der Waals surface area (Å²) in [6, 6.07) is 11.2. The molecule has 226 valence electrons. The van der Waals surface area contributed by atoms with E-state index in [0.717, 1.165) is 86.5 Å². The predicted molar refractivity (Wildman–Crippen MR) is 170 cm³/mol. The smallest absolute Gasteiger partial charge is 0.226 e. The molecule has 2 aliphatic heterocycles. The summed E-state index contributed by atoms with van der Waals surface area (Å²) in [5, 5.41) is 25.5. The van der Waals surface area contributed by atoms with Crippen LogP contribution in [0.4, 0.5) is 5.69 Å². The molecule has 43 heavy (non-hydrogen) atoms. The van der Waals surface area contributed by atoms with Gasteiger partial charge in [0.15, 0.2) is 0 Å². The Morgan fingerprint density at radius 3 is 2.47 bits per heavy atom. The van der Waals surface area contributed by atoms with E-state index in [1.807, 2.05) is 26.2 Å². The molecule has 0 spiro atoms. The number of rotatable bonds is 7. The standard InChI is InChI=1S/C32H39N9O.ClH/c1-4-32(31(42)37-22(2)3)11-15-39(16-12-32)26-7-5-23(6-8-26)29-30-24(17-33)18-36-41(30)21-28(38-29)25-19-35-40(20-25)27-9-13-34-14-10-27;/h5-8,18-22,27,34H,4,9-16H2,1-3H3,(H,37,42);1H. The van der Waals surface area contributed by atoms with Crippen LogP contribution in [0.15, 0.2) is 49.1 Å². The summed E-state index contributed by atoms with van der Waals surface area (Å²) in [6.07, 6.45) is 12.0. The Labute approximate surface area is 258 Å². The average Bonchev–Trinajstić information content (AvgIpc) is 3.69. The Balaban J connectivity index is 0.00000368. The predicted octanol–water partition coefficient (Wildman–Crippen LogP) is 5.00. The van der Waals surface area contributed by atoms with E-state index in [0.29, 0.717) is 17.1 Å². The molecule has 3 aromatic heterocycles. The van der Waals surface area contributed by atoms with Gasteiger partial charge in [0.2, 0.25) is 5.91 Å². The number of fused-ring (bicyclic) bond motifs is 1. The SMILES string of the molecule is CCC1(C(=O)NC(C)C)CCN(c2ccc(-c3nc(-c4cnn(C5CCNCC5)c4)cn4ncc(C#N)c34)cc2)CC1.Cl. The van der Waals surface area contributed by atoms with Crippen molar-refractivity contribution in [3.05, 3.63) is 54.6 Å². The second-order valence-electron chi connectivity index (χ2n) is 11.9. The van der Waals surface area contributed by atoms with E-state index in [4.69, 9.17) is 4.98 Å². The van der Waals surface area contributed by atoms with Crippen LogP contribution in [0.2, 0.25) is 0 Å². The van der Waals surface area contributed by atoms with Gasteiger partial charge in [-0.25, -0.2) is 9.50 Å². The normalized spacial score (nSPS) is 17.0. The number of nitrogens with zero attached hydrogens (tertiary/aromatic N) is 7. The average molecular weight is 602 g/mol. The number of nitrogens with one attached hydrogen (secondary N) is 2. The molecule has 1 aromatic carbocycles. The highest BCUT2D eigenvalue weighted by Crippen LogP contribution is 2.38. The van der Waals surface area contributed by atoms with Gasteiger partial charge < -0.3 is 15.5 Å². The third-order valence-corrected chi connectivity index (χ3v) is 9.00. The van der Waals surface area contributed by atoms with Crippen molar-refractivity contribution in [3.8, 4) is 28.6 Å². The molecule has 0 atom stereocenters. The van der Waals surface area contributed by atoms with Crippen molar-refractivity contribution in [2.75, 3.05) is 31.1 Å². The van der Waals surface area contributed by atoms with Gasteiger partial charge in [-0.2, -0.15) is 15.5 Å². The maximum Gasteiger partial charge on any atom is 0.226 e. The number of nitriles is 1. The highest BCUT2D eigenvalue weighted by atomic mass is 35.5. The molecule has 11 heteroatoms. The Morgan fingerprint density at radius 1 is 1.09 bits per heavy atom. The monoisotopic (exact) mass is 601 g/mol. The number of aromatic nitrogens is 5. The first-order valence-electron chi connectivity index (χ1n) is 15.1. The molecule has 0 unspecified atom stereocenters. The second kappa shape index (κ2) is 12.7. The third-order valence-electron chi connectivity index (χ3n) is 9.00. The lowest BCUT2D eigenvalue weighted by molar-refractivity contribution is -0.133. The van der Waals surface area contributed by atoms with Crippen molar-refractivity contribution in [1.29, 1.82) is 5.26 Å². The number of hydrogen-bond donors (Lipinski definition) is 2. The minimum atomic E-state index is -0.298. The van der Waals surface area contributed by atoms with Gasteiger partial charge in [0.05, 0.1) is 41.4 Å². The zero-order valence-electron chi connectivity index (χ0n) is 25.1. The molecule has 0 radical (unpaired) electrons. The highest BCUT2D eigenvalue weighted by molar-refractivity contribution is 5.85. The number of carbonyl (C=O) groups excluding carboxylic acids is 1. The number of hydrogen-bond acceptors (Lipinski definition) is 7. The zero-order chi connectivity index (χ0) is 29.3. The zero-order valence-corrected chi connectivity index (χ0v) is 25.9. The minimum Gasteiger partial charge on any atom is -0.371 e. The maximum absolute atomic E-state index is 13.0. The summed E-state index contributed by atoms with van der Waals surface area (Å²) in [6.45, 7) is 9.82. The first-order chi connectivity index (χ1) is 20.4. The highest BCUT2D eigenvalue weighted by Gasteiger charge is 2.40. The van der Waals surface area contributed by atoms with Gasteiger partial charge in [-0.05, 0) is 71.2 Å². The number of anilines is 1. The summed E-state index contributed by atoms with van der Waals surface area (Å²) in [4.78, 5) is 20.4. The molecule has 2 N–H and O–H groups in total. The fourth-order valence-electron chi connectivity index (χ4n) is 6.36. The second-order valence-corrected chi connectivity index (χ2v) is 11.9. The van der Waals surface area contributed by atoms with Crippen molar-refractivity contribution < 1.29 is 4.79 Å². The molecular weight excluding hydrogens is 562 g/mol. The number of piperidine rings is 2. The van der Waals surface area contributed by atoms with Gasteiger partial charge in [-0.3, -0.25) is 9.48 Å². The van der Waals surface area contributed by atoms with Gasteiger partial charge in [0.1, 0.15) is 17.1 Å². The molecule has 2 saturated heterocycles. The molecule has 2 aliphatic rings. The molecule has 4 aromatic rings. The number of benzene rings is 1. The van der Waals surface area contributed by atoms with Crippen LogP contribution >= 0.6 is 12.4 Å². The summed E-state index contributed by atoms with van der Waals surface area (Å²) >= 11 is 0. The lowest BCUT2D eigenvalue weighted by atomic mass is 9.75. The Bertz CT molecular complexity index is 1600. The topological polar surface area (TPSA) is 116 Å². The van der Waals surface area contributed by atoms with E-state index in [-0.39, 0.29) is 29.8 Å². The molecule has 0 saturated carbocycles. The van der Waals surface area contributed by atoms with E-state index in [1.165, 1.54) is 0 Å². The summed E-state index contributed by atoms with van der Waals surface area (Å²) in [5.41, 5.74) is 5.34. The van der Waals surface area contributed by atoms with Crippen LogP contribution < -0.4 is 15.5 Å². The van der Waals surface area contributed by atoms with Gasteiger partial charge in [-0.15, -0.1) is 12.4 Å². The Kier molecular flexibility index (Phi) is 9.04.